The van der Waals surface area contributed by atoms with E-state index in [4.69, 9.17) is 0 Å². The smallest absolute Gasteiger partial charge is 0.0925 e. The molecule has 1 aromatic heterocycles. The number of rotatable bonds is 6. The first-order valence-electron chi connectivity index (χ1n) is 6.58. The van der Waals surface area contributed by atoms with E-state index in [0.717, 1.165) is 19.5 Å². The zero-order chi connectivity index (χ0) is 12.1. The normalized spacial score (nSPS) is 24.4. The summed E-state index contributed by atoms with van der Waals surface area (Å²) < 4.78 is 0. The molecule has 1 aliphatic carbocycles. The van der Waals surface area contributed by atoms with E-state index >= 15 is 0 Å². The minimum Gasteiger partial charge on any atom is -0.396 e. The summed E-state index contributed by atoms with van der Waals surface area (Å²) >= 11 is 1.80. The molecule has 2 rings (SSSR count). The minimum absolute atomic E-state index is 0.354. The topological polar surface area (TPSA) is 45.2 Å². The van der Waals surface area contributed by atoms with Gasteiger partial charge in [0.1, 0.15) is 0 Å². The quantitative estimate of drug-likeness (QED) is 0.818. The Labute approximate surface area is 107 Å². The molecule has 4 heteroatoms. The molecule has 1 fully saturated rings. The van der Waals surface area contributed by atoms with Crippen LogP contribution in [0.15, 0.2) is 6.20 Å². The number of aromatic nitrogens is 1. The second-order valence-electron chi connectivity index (χ2n) is 4.84. The number of nitrogens with zero attached hydrogens (tertiary/aromatic N) is 1. The lowest BCUT2D eigenvalue weighted by atomic mass is 9.97. The van der Waals surface area contributed by atoms with Crippen molar-refractivity contribution < 1.29 is 5.11 Å². The molecule has 1 saturated carbocycles. The van der Waals surface area contributed by atoms with Gasteiger partial charge in [-0.2, -0.15) is 0 Å². The average molecular weight is 254 g/mol. The van der Waals surface area contributed by atoms with E-state index in [2.05, 4.69) is 17.2 Å². The number of aliphatic hydroxyl groups excluding tert-OH is 1. The maximum atomic E-state index is 9.25. The van der Waals surface area contributed by atoms with E-state index in [1.54, 1.807) is 11.3 Å². The number of hydrogen-bond donors (Lipinski definition) is 2. The lowest BCUT2D eigenvalue weighted by Gasteiger charge is -2.17. The SMILES string of the molecule is CCc1ncc(CNCC2CCCC2CO)s1. The molecule has 0 amide bonds. The van der Waals surface area contributed by atoms with Crippen LogP contribution in [0.4, 0.5) is 0 Å². The molecule has 2 atom stereocenters. The number of nitrogens with one attached hydrogen (secondary N) is 1. The van der Waals surface area contributed by atoms with Crippen molar-refractivity contribution in [1.82, 2.24) is 10.3 Å². The van der Waals surface area contributed by atoms with Crippen molar-refractivity contribution in [3.05, 3.63) is 16.1 Å². The summed E-state index contributed by atoms with van der Waals surface area (Å²) in [7, 11) is 0. The fraction of sp³-hybridized carbons (Fsp3) is 0.769. The fourth-order valence-corrected chi connectivity index (χ4v) is 3.43. The first-order chi connectivity index (χ1) is 8.33. The molecule has 1 aromatic rings. The Hall–Kier alpha value is -0.450. The zero-order valence-electron chi connectivity index (χ0n) is 10.5. The van der Waals surface area contributed by atoms with Crippen molar-refractivity contribution >= 4 is 11.3 Å². The van der Waals surface area contributed by atoms with Crippen LogP contribution < -0.4 is 5.32 Å². The fourth-order valence-electron chi connectivity index (χ4n) is 2.60. The Kier molecular flexibility index (Phi) is 4.95. The van der Waals surface area contributed by atoms with E-state index < -0.39 is 0 Å². The van der Waals surface area contributed by atoms with Gasteiger partial charge in [-0.25, -0.2) is 4.98 Å². The van der Waals surface area contributed by atoms with Gasteiger partial charge >= 0.3 is 0 Å². The monoisotopic (exact) mass is 254 g/mol. The van der Waals surface area contributed by atoms with Crippen LogP contribution in [0.1, 0.15) is 36.1 Å². The van der Waals surface area contributed by atoms with E-state index in [9.17, 15) is 5.11 Å². The van der Waals surface area contributed by atoms with Crippen LogP contribution in [0.25, 0.3) is 0 Å². The Morgan fingerprint density at radius 3 is 3.00 bits per heavy atom. The predicted octanol–water partition coefficient (Wildman–Crippen LogP) is 2.20. The largest absolute Gasteiger partial charge is 0.396 e. The van der Waals surface area contributed by atoms with Gasteiger partial charge in [0.15, 0.2) is 0 Å². The number of aryl methyl sites for hydroxylation is 1. The average Bonchev–Trinajstić information content (AvgIpc) is 2.97. The highest BCUT2D eigenvalue weighted by Crippen LogP contribution is 2.30. The molecule has 0 spiro atoms. The minimum atomic E-state index is 0.354. The van der Waals surface area contributed by atoms with Gasteiger partial charge in [0.2, 0.25) is 0 Å². The maximum Gasteiger partial charge on any atom is 0.0925 e. The van der Waals surface area contributed by atoms with Gasteiger partial charge in [-0.1, -0.05) is 13.3 Å². The first-order valence-corrected chi connectivity index (χ1v) is 7.40. The van der Waals surface area contributed by atoms with Crippen LogP contribution in [0.3, 0.4) is 0 Å². The van der Waals surface area contributed by atoms with Crippen LogP contribution >= 0.6 is 11.3 Å². The molecule has 0 aliphatic heterocycles. The summed E-state index contributed by atoms with van der Waals surface area (Å²) in [5.74, 6) is 1.19. The van der Waals surface area contributed by atoms with Crippen molar-refractivity contribution in [3.8, 4) is 0 Å². The van der Waals surface area contributed by atoms with Gasteiger partial charge < -0.3 is 10.4 Å². The summed E-state index contributed by atoms with van der Waals surface area (Å²) in [5, 5.41) is 14.0. The lowest BCUT2D eigenvalue weighted by Crippen LogP contribution is -2.26. The third kappa shape index (κ3) is 3.50. The summed E-state index contributed by atoms with van der Waals surface area (Å²) in [5.41, 5.74) is 0. The second-order valence-corrected chi connectivity index (χ2v) is 6.04. The standard InChI is InChI=1S/C13H22N2OS/c1-2-13-15-8-12(17-13)7-14-6-10-4-3-5-11(10)9-16/h8,10-11,14,16H,2-7,9H2,1H3. The van der Waals surface area contributed by atoms with Gasteiger partial charge in [0, 0.05) is 24.2 Å². The Morgan fingerprint density at radius 1 is 1.47 bits per heavy atom. The lowest BCUT2D eigenvalue weighted by molar-refractivity contribution is 0.192. The van der Waals surface area contributed by atoms with E-state index in [0.29, 0.717) is 18.4 Å². The predicted molar refractivity (Wildman–Crippen MR) is 71.1 cm³/mol. The van der Waals surface area contributed by atoms with Crippen LogP contribution in [0.5, 0.6) is 0 Å². The van der Waals surface area contributed by atoms with Gasteiger partial charge in [-0.3, -0.25) is 0 Å². The Bertz CT molecular complexity index is 340. The third-order valence-electron chi connectivity index (χ3n) is 3.66. The third-order valence-corrected chi connectivity index (χ3v) is 4.80. The first kappa shape index (κ1) is 13.0. The molecule has 96 valence electrons. The molecular formula is C13H22N2OS. The van der Waals surface area contributed by atoms with Crippen molar-refractivity contribution in [3.63, 3.8) is 0 Å². The van der Waals surface area contributed by atoms with E-state index in [-0.39, 0.29) is 0 Å². The molecule has 0 bridgehead atoms. The summed E-state index contributed by atoms with van der Waals surface area (Å²) in [6.45, 7) is 4.45. The van der Waals surface area contributed by atoms with Crippen LogP contribution in [0, 0.1) is 11.8 Å². The maximum absolute atomic E-state index is 9.25. The van der Waals surface area contributed by atoms with Gasteiger partial charge in [0.05, 0.1) is 5.01 Å². The molecule has 2 N–H and O–H groups in total. The highest BCUT2D eigenvalue weighted by molar-refractivity contribution is 7.11. The summed E-state index contributed by atoms with van der Waals surface area (Å²) in [4.78, 5) is 5.67. The molecule has 0 saturated heterocycles. The Balaban J connectivity index is 1.72. The molecule has 17 heavy (non-hydrogen) atoms. The zero-order valence-corrected chi connectivity index (χ0v) is 11.3. The highest BCUT2D eigenvalue weighted by atomic mass is 32.1. The van der Waals surface area contributed by atoms with Crippen molar-refractivity contribution in [2.45, 2.75) is 39.2 Å². The molecular weight excluding hydrogens is 232 g/mol. The van der Waals surface area contributed by atoms with Gasteiger partial charge in [-0.15, -0.1) is 11.3 Å². The number of thiazole rings is 1. The van der Waals surface area contributed by atoms with Gasteiger partial charge in [0.25, 0.3) is 0 Å². The number of aliphatic hydroxyl groups is 1. The molecule has 1 aliphatic rings. The molecule has 1 heterocycles. The van der Waals surface area contributed by atoms with E-state index in [1.807, 2.05) is 6.20 Å². The van der Waals surface area contributed by atoms with Crippen molar-refractivity contribution in [1.29, 1.82) is 0 Å². The Morgan fingerprint density at radius 2 is 2.29 bits per heavy atom. The molecule has 3 nitrogen and oxygen atoms in total. The highest BCUT2D eigenvalue weighted by Gasteiger charge is 2.25. The van der Waals surface area contributed by atoms with Gasteiger partial charge in [-0.05, 0) is 37.6 Å². The second kappa shape index (κ2) is 6.47. The molecule has 2 unspecified atom stereocenters. The molecule has 0 radical (unpaired) electrons. The summed E-state index contributed by atoms with van der Waals surface area (Å²) in [6, 6.07) is 0. The van der Waals surface area contributed by atoms with Crippen LogP contribution in [-0.4, -0.2) is 23.2 Å². The van der Waals surface area contributed by atoms with Crippen molar-refractivity contribution in [2.75, 3.05) is 13.2 Å². The van der Waals surface area contributed by atoms with Crippen LogP contribution in [0.2, 0.25) is 0 Å². The molecule has 0 aromatic carbocycles. The van der Waals surface area contributed by atoms with Crippen LogP contribution in [-0.2, 0) is 13.0 Å². The van der Waals surface area contributed by atoms with Crippen molar-refractivity contribution in [2.24, 2.45) is 11.8 Å². The van der Waals surface area contributed by atoms with E-state index in [1.165, 1.54) is 29.1 Å². The number of hydrogen-bond acceptors (Lipinski definition) is 4. The summed E-state index contributed by atoms with van der Waals surface area (Å²) in [6.07, 6.45) is 6.75.